The molecule has 0 aliphatic carbocycles. The molecule has 1 aromatic carbocycles. The Morgan fingerprint density at radius 1 is 1.33 bits per heavy atom. The first kappa shape index (κ1) is 18.2. The van der Waals surface area contributed by atoms with Crippen LogP contribution in [0.2, 0.25) is 0 Å². The summed E-state index contributed by atoms with van der Waals surface area (Å²) in [5.74, 6) is -0.323. The lowest BCUT2D eigenvalue weighted by atomic mass is 10.2. The SMILES string of the molecule is CCCNC(=O)[C@@H](C)N1CC[C@H](NC(=O)Nc2ccc(F)cc2)C1. The molecule has 1 saturated heterocycles. The Bertz CT molecular complexity index is 564. The highest BCUT2D eigenvalue weighted by atomic mass is 19.1. The van der Waals surface area contributed by atoms with E-state index in [4.69, 9.17) is 0 Å². The lowest BCUT2D eigenvalue weighted by molar-refractivity contribution is -0.125. The Labute approximate surface area is 141 Å². The van der Waals surface area contributed by atoms with E-state index in [-0.39, 0.29) is 29.8 Å². The van der Waals surface area contributed by atoms with E-state index >= 15 is 0 Å². The molecule has 1 aliphatic rings. The summed E-state index contributed by atoms with van der Waals surface area (Å²) in [5, 5.41) is 8.46. The average molecular weight is 336 g/mol. The van der Waals surface area contributed by atoms with E-state index in [0.29, 0.717) is 18.8 Å². The number of rotatable bonds is 6. The first-order chi connectivity index (χ1) is 11.5. The number of amides is 3. The summed E-state index contributed by atoms with van der Waals surface area (Å²) in [7, 11) is 0. The summed E-state index contributed by atoms with van der Waals surface area (Å²) in [4.78, 5) is 26.1. The Morgan fingerprint density at radius 3 is 2.71 bits per heavy atom. The van der Waals surface area contributed by atoms with Crippen LogP contribution in [0.3, 0.4) is 0 Å². The fraction of sp³-hybridized carbons (Fsp3) is 0.529. The van der Waals surface area contributed by atoms with Crippen LogP contribution in [0.4, 0.5) is 14.9 Å². The minimum absolute atomic E-state index is 0.00752. The van der Waals surface area contributed by atoms with Crippen molar-refractivity contribution in [3.05, 3.63) is 30.1 Å². The van der Waals surface area contributed by atoms with Crippen molar-refractivity contribution in [2.24, 2.45) is 0 Å². The lowest BCUT2D eigenvalue weighted by Crippen LogP contribution is -2.46. The zero-order chi connectivity index (χ0) is 17.5. The van der Waals surface area contributed by atoms with Gasteiger partial charge < -0.3 is 16.0 Å². The van der Waals surface area contributed by atoms with Crippen LogP contribution in [0.25, 0.3) is 0 Å². The molecule has 3 amide bonds. The normalized spacial score (nSPS) is 18.9. The van der Waals surface area contributed by atoms with Gasteiger partial charge in [0.05, 0.1) is 6.04 Å². The largest absolute Gasteiger partial charge is 0.355 e. The fourth-order valence-electron chi connectivity index (χ4n) is 2.70. The molecule has 1 fully saturated rings. The molecule has 2 rings (SSSR count). The predicted molar refractivity (Wildman–Crippen MR) is 91.3 cm³/mol. The van der Waals surface area contributed by atoms with Crippen LogP contribution in [0.5, 0.6) is 0 Å². The number of carbonyl (C=O) groups excluding carboxylic acids is 2. The summed E-state index contributed by atoms with van der Waals surface area (Å²) in [5.41, 5.74) is 0.538. The van der Waals surface area contributed by atoms with Gasteiger partial charge in [0.25, 0.3) is 0 Å². The van der Waals surface area contributed by atoms with Gasteiger partial charge in [-0.05, 0) is 44.0 Å². The second kappa shape index (κ2) is 8.63. The molecule has 0 aromatic heterocycles. The monoisotopic (exact) mass is 336 g/mol. The van der Waals surface area contributed by atoms with Gasteiger partial charge in [0.2, 0.25) is 5.91 Å². The van der Waals surface area contributed by atoms with Gasteiger partial charge in [-0.15, -0.1) is 0 Å². The van der Waals surface area contributed by atoms with Crippen molar-refractivity contribution < 1.29 is 14.0 Å². The lowest BCUT2D eigenvalue weighted by Gasteiger charge is -2.23. The van der Waals surface area contributed by atoms with Gasteiger partial charge in [0.1, 0.15) is 5.82 Å². The maximum absolute atomic E-state index is 12.8. The molecule has 0 bridgehead atoms. The number of nitrogens with zero attached hydrogens (tertiary/aromatic N) is 1. The van der Waals surface area contributed by atoms with E-state index in [1.807, 2.05) is 13.8 Å². The molecule has 132 valence electrons. The van der Waals surface area contributed by atoms with Crippen molar-refractivity contribution in [3.63, 3.8) is 0 Å². The molecule has 2 atom stereocenters. The van der Waals surface area contributed by atoms with E-state index in [2.05, 4.69) is 20.9 Å². The molecule has 24 heavy (non-hydrogen) atoms. The fourth-order valence-corrected chi connectivity index (χ4v) is 2.70. The van der Waals surface area contributed by atoms with Gasteiger partial charge >= 0.3 is 6.03 Å². The summed E-state index contributed by atoms with van der Waals surface area (Å²) in [6, 6.07) is 5.07. The number of hydrogen-bond donors (Lipinski definition) is 3. The maximum Gasteiger partial charge on any atom is 0.319 e. The van der Waals surface area contributed by atoms with E-state index in [0.717, 1.165) is 19.4 Å². The molecule has 0 radical (unpaired) electrons. The van der Waals surface area contributed by atoms with Crippen LogP contribution in [0.15, 0.2) is 24.3 Å². The van der Waals surface area contributed by atoms with E-state index in [1.54, 1.807) is 0 Å². The predicted octanol–water partition coefficient (Wildman–Crippen LogP) is 1.94. The van der Waals surface area contributed by atoms with Crippen molar-refractivity contribution >= 4 is 17.6 Å². The molecule has 1 aromatic rings. The minimum Gasteiger partial charge on any atom is -0.355 e. The Morgan fingerprint density at radius 2 is 2.04 bits per heavy atom. The second-order valence-corrected chi connectivity index (χ2v) is 6.05. The van der Waals surface area contributed by atoms with Gasteiger partial charge in [-0.2, -0.15) is 0 Å². The highest BCUT2D eigenvalue weighted by molar-refractivity contribution is 5.89. The highest BCUT2D eigenvalue weighted by Crippen LogP contribution is 2.14. The number of benzene rings is 1. The third-order valence-electron chi connectivity index (χ3n) is 4.13. The Kier molecular flexibility index (Phi) is 6.54. The highest BCUT2D eigenvalue weighted by Gasteiger charge is 2.30. The summed E-state index contributed by atoms with van der Waals surface area (Å²) in [6.07, 6.45) is 1.70. The zero-order valence-corrected chi connectivity index (χ0v) is 14.1. The number of carbonyl (C=O) groups is 2. The number of likely N-dealkylation sites (tertiary alicyclic amines) is 1. The Balaban J connectivity index is 1.77. The van der Waals surface area contributed by atoms with E-state index in [9.17, 15) is 14.0 Å². The third-order valence-corrected chi connectivity index (χ3v) is 4.13. The number of anilines is 1. The molecule has 0 spiro atoms. The van der Waals surface area contributed by atoms with Crippen LogP contribution in [-0.4, -0.2) is 48.6 Å². The van der Waals surface area contributed by atoms with Crippen molar-refractivity contribution in [1.82, 2.24) is 15.5 Å². The van der Waals surface area contributed by atoms with Crippen LogP contribution in [-0.2, 0) is 4.79 Å². The number of nitrogens with one attached hydrogen (secondary N) is 3. The maximum atomic E-state index is 12.8. The summed E-state index contributed by atoms with van der Waals surface area (Å²) >= 11 is 0. The molecule has 0 unspecified atom stereocenters. The van der Waals surface area contributed by atoms with Gasteiger partial charge in [-0.1, -0.05) is 6.92 Å². The van der Waals surface area contributed by atoms with Crippen molar-refractivity contribution in [2.75, 3.05) is 25.0 Å². The van der Waals surface area contributed by atoms with Crippen molar-refractivity contribution in [1.29, 1.82) is 0 Å². The van der Waals surface area contributed by atoms with Gasteiger partial charge in [-0.3, -0.25) is 9.69 Å². The average Bonchev–Trinajstić information content (AvgIpc) is 3.02. The molecule has 6 nitrogen and oxygen atoms in total. The minimum atomic E-state index is -0.345. The van der Waals surface area contributed by atoms with Crippen LogP contribution in [0.1, 0.15) is 26.7 Å². The standard InChI is InChI=1S/C17H25FN4O2/c1-3-9-19-16(23)12(2)22-10-8-15(11-22)21-17(24)20-14-6-4-13(18)5-7-14/h4-7,12,15H,3,8-11H2,1-2H3,(H,19,23)(H2,20,21,24)/t12-,15+/m1/s1. The van der Waals surface area contributed by atoms with Crippen molar-refractivity contribution in [2.45, 2.75) is 38.8 Å². The van der Waals surface area contributed by atoms with Crippen LogP contribution >= 0.6 is 0 Å². The summed E-state index contributed by atoms with van der Waals surface area (Å²) < 4.78 is 12.8. The van der Waals surface area contributed by atoms with Gasteiger partial charge in [0, 0.05) is 31.4 Å². The third kappa shape index (κ3) is 5.19. The van der Waals surface area contributed by atoms with Crippen molar-refractivity contribution in [3.8, 4) is 0 Å². The number of hydrogen-bond acceptors (Lipinski definition) is 3. The smallest absolute Gasteiger partial charge is 0.319 e. The molecule has 3 N–H and O–H groups in total. The molecular weight excluding hydrogens is 311 g/mol. The first-order valence-corrected chi connectivity index (χ1v) is 8.34. The Hall–Kier alpha value is -2.15. The van der Waals surface area contributed by atoms with Gasteiger partial charge in [0.15, 0.2) is 0 Å². The first-order valence-electron chi connectivity index (χ1n) is 8.34. The van der Waals surface area contributed by atoms with Gasteiger partial charge in [-0.25, -0.2) is 9.18 Å². The zero-order valence-electron chi connectivity index (χ0n) is 14.1. The number of urea groups is 1. The van der Waals surface area contributed by atoms with Crippen LogP contribution in [0, 0.1) is 5.82 Å². The molecule has 1 aliphatic heterocycles. The van der Waals surface area contributed by atoms with E-state index in [1.165, 1.54) is 24.3 Å². The van der Waals surface area contributed by atoms with Crippen LogP contribution < -0.4 is 16.0 Å². The topological polar surface area (TPSA) is 73.5 Å². The molecule has 1 heterocycles. The quantitative estimate of drug-likeness (QED) is 0.743. The summed E-state index contributed by atoms with van der Waals surface area (Å²) in [6.45, 7) is 5.98. The van der Waals surface area contributed by atoms with E-state index < -0.39 is 0 Å². The molecular formula is C17H25FN4O2. The number of halogens is 1. The molecule has 7 heteroatoms. The molecule has 0 saturated carbocycles. The second-order valence-electron chi connectivity index (χ2n) is 6.05.